The number of benzene rings is 1. The number of nitrogens with zero attached hydrogens (tertiary/aromatic N) is 3. The van der Waals surface area contributed by atoms with Crippen molar-refractivity contribution in [3.63, 3.8) is 0 Å². The van der Waals surface area contributed by atoms with Gasteiger partial charge in [-0.3, -0.25) is 14.3 Å². The van der Waals surface area contributed by atoms with Crippen molar-refractivity contribution in [1.82, 2.24) is 14.3 Å². The van der Waals surface area contributed by atoms with Crippen molar-refractivity contribution in [3.8, 4) is 22.5 Å². The van der Waals surface area contributed by atoms with Gasteiger partial charge in [-0.25, -0.2) is 12.8 Å². The first kappa shape index (κ1) is 26.5. The van der Waals surface area contributed by atoms with E-state index >= 15 is 0 Å². The molecule has 1 N–H and O–H groups in total. The standard InChI is InChI=1S/C24H18F4N4O3S2/c1-12-8-20-16(9-18(12)25)17(10-29)23(32(20)22-7-6-21(36-22)13(2)33)19-5-4-15(11-30-19)37(34,35)31-14(3)24(26,27)28/h4-9,11,14,31H,1-3H3/t14-/m0/s1. The van der Waals surface area contributed by atoms with E-state index in [1.165, 1.54) is 19.1 Å². The smallest absolute Gasteiger partial charge is 0.298 e. The summed E-state index contributed by atoms with van der Waals surface area (Å²) in [5.74, 6) is -0.715. The molecule has 0 aliphatic heterocycles. The minimum absolute atomic E-state index is 0.0543. The first-order valence-electron chi connectivity index (χ1n) is 10.7. The lowest BCUT2D eigenvalue weighted by molar-refractivity contribution is -0.147. The molecule has 3 aromatic heterocycles. The van der Waals surface area contributed by atoms with Crippen LogP contribution in [0, 0.1) is 24.1 Å². The monoisotopic (exact) mass is 550 g/mol. The number of halogens is 4. The molecule has 13 heteroatoms. The molecule has 4 aromatic rings. The van der Waals surface area contributed by atoms with Crippen molar-refractivity contribution in [2.75, 3.05) is 0 Å². The molecule has 7 nitrogen and oxygen atoms in total. The summed E-state index contributed by atoms with van der Waals surface area (Å²) in [5.41, 5.74) is 1.15. The summed E-state index contributed by atoms with van der Waals surface area (Å²) in [6.45, 7) is 3.63. The first-order chi connectivity index (χ1) is 17.2. The Morgan fingerprint density at radius 2 is 1.92 bits per heavy atom. The van der Waals surface area contributed by atoms with Crippen LogP contribution in [0.4, 0.5) is 17.6 Å². The number of hydrogen-bond acceptors (Lipinski definition) is 6. The SMILES string of the molecule is CC(=O)c1ccc(-n2c(-c3ccc(S(=O)(=O)N[C@@H](C)C(F)(F)F)cn3)c(C#N)c3cc(F)c(C)cc32)s1. The highest BCUT2D eigenvalue weighted by molar-refractivity contribution is 7.89. The fraction of sp³-hybridized carbons (Fsp3) is 0.208. The second-order valence-corrected chi connectivity index (χ2v) is 11.0. The highest BCUT2D eigenvalue weighted by atomic mass is 32.2. The van der Waals surface area contributed by atoms with Crippen molar-refractivity contribution < 1.29 is 30.8 Å². The number of Topliss-reactive ketones (excluding diaryl/α,β-unsaturated/α-hetero) is 1. The summed E-state index contributed by atoms with van der Waals surface area (Å²) in [6.07, 6.45) is -3.90. The van der Waals surface area contributed by atoms with Crippen LogP contribution in [0.15, 0.2) is 47.5 Å². The fourth-order valence-corrected chi connectivity index (χ4v) is 5.78. The number of hydrogen-bond donors (Lipinski definition) is 1. The van der Waals surface area contributed by atoms with Gasteiger partial charge in [0.25, 0.3) is 0 Å². The largest absolute Gasteiger partial charge is 0.404 e. The Balaban J connectivity index is 1.92. The van der Waals surface area contributed by atoms with Gasteiger partial charge in [-0.05, 0) is 62.7 Å². The molecular formula is C24H18F4N4O3S2. The molecule has 192 valence electrons. The zero-order valence-electron chi connectivity index (χ0n) is 19.5. The van der Waals surface area contributed by atoms with E-state index in [1.807, 2.05) is 6.07 Å². The Bertz CT molecular complexity index is 1680. The van der Waals surface area contributed by atoms with Crippen LogP contribution < -0.4 is 4.72 Å². The molecule has 0 aliphatic carbocycles. The Kier molecular flexibility index (Phi) is 6.70. The van der Waals surface area contributed by atoms with Gasteiger partial charge in [0.1, 0.15) is 27.8 Å². The average Bonchev–Trinajstić information content (AvgIpc) is 3.41. The number of aryl methyl sites for hydroxylation is 1. The Morgan fingerprint density at radius 3 is 2.46 bits per heavy atom. The number of sulfonamides is 1. The van der Waals surface area contributed by atoms with Crippen LogP contribution in [0.3, 0.4) is 0 Å². The molecule has 0 amide bonds. The number of carbonyl (C=O) groups excluding carboxylic acids is 1. The van der Waals surface area contributed by atoms with Gasteiger partial charge in [0.2, 0.25) is 10.0 Å². The van der Waals surface area contributed by atoms with Crippen LogP contribution in [-0.4, -0.2) is 36.0 Å². The Morgan fingerprint density at radius 1 is 1.22 bits per heavy atom. The minimum Gasteiger partial charge on any atom is -0.298 e. The number of pyridine rings is 1. The molecule has 0 unspecified atom stereocenters. The lowest BCUT2D eigenvalue weighted by atomic mass is 10.1. The van der Waals surface area contributed by atoms with E-state index in [2.05, 4.69) is 4.98 Å². The van der Waals surface area contributed by atoms with E-state index in [1.54, 1.807) is 34.4 Å². The number of fused-ring (bicyclic) bond motifs is 1. The maximum Gasteiger partial charge on any atom is 0.404 e. The van der Waals surface area contributed by atoms with Crippen LogP contribution in [0.1, 0.15) is 34.6 Å². The highest BCUT2D eigenvalue weighted by Gasteiger charge is 2.39. The third-order valence-electron chi connectivity index (χ3n) is 5.63. The molecule has 0 fully saturated rings. The number of nitrogens with one attached hydrogen (secondary N) is 1. The summed E-state index contributed by atoms with van der Waals surface area (Å²) in [7, 11) is -4.55. The van der Waals surface area contributed by atoms with Crippen LogP contribution >= 0.6 is 11.3 Å². The van der Waals surface area contributed by atoms with E-state index in [4.69, 9.17) is 0 Å². The third kappa shape index (κ3) is 4.87. The van der Waals surface area contributed by atoms with Crippen LogP contribution in [0.2, 0.25) is 0 Å². The predicted octanol–water partition coefficient (Wildman–Crippen LogP) is 5.50. The fourth-order valence-electron chi connectivity index (χ4n) is 3.68. The highest BCUT2D eigenvalue weighted by Crippen LogP contribution is 2.38. The molecule has 37 heavy (non-hydrogen) atoms. The zero-order valence-corrected chi connectivity index (χ0v) is 21.1. The summed E-state index contributed by atoms with van der Waals surface area (Å²) in [6, 6.07) is 8.07. The number of thiophene rings is 1. The third-order valence-corrected chi connectivity index (χ3v) is 8.33. The van der Waals surface area contributed by atoms with Gasteiger partial charge >= 0.3 is 6.18 Å². The molecule has 0 spiro atoms. The maximum absolute atomic E-state index is 14.5. The van der Waals surface area contributed by atoms with Gasteiger partial charge in [0.15, 0.2) is 5.78 Å². The molecule has 0 bridgehead atoms. The summed E-state index contributed by atoms with van der Waals surface area (Å²) in [4.78, 5) is 16.0. The van der Waals surface area contributed by atoms with Crippen molar-refractivity contribution in [1.29, 1.82) is 5.26 Å². The Hall–Kier alpha value is -3.60. The molecule has 1 atom stereocenters. The predicted molar refractivity (Wildman–Crippen MR) is 130 cm³/mol. The van der Waals surface area contributed by atoms with Crippen LogP contribution in [0.25, 0.3) is 27.3 Å². The summed E-state index contributed by atoms with van der Waals surface area (Å²) < 4.78 is 81.1. The van der Waals surface area contributed by atoms with Crippen molar-refractivity contribution in [2.24, 2.45) is 0 Å². The van der Waals surface area contributed by atoms with Crippen molar-refractivity contribution in [3.05, 3.63) is 64.4 Å². The van der Waals surface area contributed by atoms with Gasteiger partial charge in [0, 0.05) is 11.6 Å². The molecule has 4 rings (SSSR count). The molecule has 0 radical (unpaired) electrons. The number of ketones is 1. The van der Waals surface area contributed by atoms with E-state index in [0.29, 0.717) is 27.9 Å². The number of nitriles is 1. The number of aromatic nitrogens is 2. The number of carbonyl (C=O) groups is 1. The lowest BCUT2D eigenvalue weighted by Crippen LogP contribution is -2.42. The zero-order chi connectivity index (χ0) is 27.3. The van der Waals surface area contributed by atoms with Crippen LogP contribution in [0.5, 0.6) is 0 Å². The number of rotatable bonds is 6. The average molecular weight is 551 g/mol. The normalized spacial score (nSPS) is 13.0. The van der Waals surface area contributed by atoms with E-state index in [9.17, 15) is 36.0 Å². The summed E-state index contributed by atoms with van der Waals surface area (Å²) >= 11 is 1.14. The topological polar surface area (TPSA) is 105 Å². The minimum atomic E-state index is -4.78. The van der Waals surface area contributed by atoms with E-state index in [-0.39, 0.29) is 28.1 Å². The molecule has 0 aliphatic rings. The molecule has 1 aromatic carbocycles. The van der Waals surface area contributed by atoms with Crippen LogP contribution in [-0.2, 0) is 10.0 Å². The lowest BCUT2D eigenvalue weighted by Gasteiger charge is -2.17. The summed E-state index contributed by atoms with van der Waals surface area (Å²) in [5, 5.41) is 10.8. The van der Waals surface area contributed by atoms with Gasteiger partial charge < -0.3 is 0 Å². The van der Waals surface area contributed by atoms with Gasteiger partial charge in [-0.15, -0.1) is 11.3 Å². The first-order valence-corrected chi connectivity index (χ1v) is 13.0. The van der Waals surface area contributed by atoms with E-state index < -0.39 is 33.0 Å². The molecule has 0 saturated carbocycles. The van der Waals surface area contributed by atoms with E-state index in [0.717, 1.165) is 23.6 Å². The maximum atomic E-state index is 14.5. The van der Waals surface area contributed by atoms with Gasteiger partial charge in [-0.1, -0.05) is 0 Å². The second kappa shape index (κ2) is 9.37. The number of alkyl halides is 3. The quantitative estimate of drug-likeness (QED) is 0.252. The van der Waals surface area contributed by atoms with Gasteiger partial charge in [0.05, 0.1) is 27.3 Å². The Labute approximate surface area is 213 Å². The van der Waals surface area contributed by atoms with Crippen molar-refractivity contribution >= 4 is 38.0 Å². The molecular weight excluding hydrogens is 532 g/mol. The molecule has 0 saturated heterocycles. The van der Waals surface area contributed by atoms with Crippen molar-refractivity contribution in [2.45, 2.75) is 37.9 Å². The van der Waals surface area contributed by atoms with Gasteiger partial charge in [-0.2, -0.15) is 23.2 Å². The molecule has 3 heterocycles. The second-order valence-electron chi connectivity index (χ2n) is 8.25.